The van der Waals surface area contributed by atoms with E-state index in [0.29, 0.717) is 6.54 Å². The molecule has 1 rings (SSSR count). The normalized spacial score (nSPS) is 13.3. The predicted octanol–water partition coefficient (Wildman–Crippen LogP) is 0.553. The van der Waals surface area contributed by atoms with Crippen LogP contribution < -0.4 is 10.9 Å². The lowest BCUT2D eigenvalue weighted by Crippen LogP contribution is -2.44. The summed E-state index contributed by atoms with van der Waals surface area (Å²) in [6, 6.07) is 2.69. The van der Waals surface area contributed by atoms with Gasteiger partial charge in [0, 0.05) is 25.1 Å². The molecule has 112 valence electrons. The molecular weight excluding hydrogens is 258 g/mol. The van der Waals surface area contributed by atoms with Crippen molar-refractivity contribution in [2.75, 3.05) is 6.54 Å². The van der Waals surface area contributed by atoms with Crippen LogP contribution in [0.3, 0.4) is 0 Å². The molecular formula is C14H23N3O3. The third kappa shape index (κ3) is 3.90. The lowest BCUT2D eigenvalue weighted by molar-refractivity contribution is 0.0137. The second kappa shape index (κ2) is 6.17. The molecule has 0 bridgehead atoms. The van der Waals surface area contributed by atoms with Crippen molar-refractivity contribution in [1.29, 1.82) is 0 Å². The molecule has 1 aromatic rings. The van der Waals surface area contributed by atoms with Crippen LogP contribution in [0.1, 0.15) is 38.2 Å². The van der Waals surface area contributed by atoms with E-state index in [1.165, 1.54) is 19.2 Å². The highest BCUT2D eigenvalue weighted by Crippen LogP contribution is 2.25. The molecule has 1 heterocycles. The first-order valence-corrected chi connectivity index (χ1v) is 6.66. The van der Waals surface area contributed by atoms with Gasteiger partial charge in [-0.1, -0.05) is 27.7 Å². The van der Waals surface area contributed by atoms with Gasteiger partial charge in [-0.3, -0.25) is 9.59 Å². The summed E-state index contributed by atoms with van der Waals surface area (Å²) in [4.78, 5) is 23.2. The number of hydrogen-bond acceptors (Lipinski definition) is 4. The molecule has 0 aliphatic heterocycles. The molecule has 0 spiro atoms. The first kappa shape index (κ1) is 16.4. The first-order chi connectivity index (χ1) is 9.15. The fraction of sp³-hybridized carbons (Fsp3) is 0.643. The van der Waals surface area contributed by atoms with E-state index in [0.717, 1.165) is 4.68 Å². The zero-order valence-electron chi connectivity index (χ0n) is 12.7. The maximum absolute atomic E-state index is 12.0. The molecule has 0 aliphatic rings. The van der Waals surface area contributed by atoms with Crippen molar-refractivity contribution in [3.8, 4) is 0 Å². The summed E-state index contributed by atoms with van der Waals surface area (Å²) in [5.74, 6) is -0.248. The standard InChI is InChI=1S/C14H23N3O3/c1-9(2)12(19)14(3,4)8-15-13(20)10-6-7-11(18)17(5)16-10/h6-7,9,12,19H,8H2,1-5H3,(H,15,20). The highest BCUT2D eigenvalue weighted by molar-refractivity contribution is 5.92. The Kier molecular flexibility index (Phi) is 5.05. The van der Waals surface area contributed by atoms with Gasteiger partial charge in [0.05, 0.1) is 6.10 Å². The highest BCUT2D eigenvalue weighted by Gasteiger charge is 2.30. The molecule has 1 unspecified atom stereocenters. The number of carbonyl (C=O) groups is 1. The molecule has 0 radical (unpaired) electrons. The quantitative estimate of drug-likeness (QED) is 0.825. The minimum absolute atomic E-state index is 0.109. The van der Waals surface area contributed by atoms with E-state index in [9.17, 15) is 14.7 Å². The fourth-order valence-corrected chi connectivity index (χ4v) is 2.03. The van der Waals surface area contributed by atoms with Crippen molar-refractivity contribution < 1.29 is 9.90 Å². The summed E-state index contributed by atoms with van der Waals surface area (Å²) >= 11 is 0. The Bertz CT molecular complexity index is 535. The zero-order chi connectivity index (χ0) is 15.5. The SMILES string of the molecule is CC(C)C(O)C(C)(C)CNC(=O)c1ccc(=O)n(C)n1. The third-order valence-corrected chi connectivity index (χ3v) is 3.33. The van der Waals surface area contributed by atoms with E-state index in [1.807, 2.05) is 27.7 Å². The number of hydrogen-bond donors (Lipinski definition) is 2. The van der Waals surface area contributed by atoms with Crippen LogP contribution in [0.5, 0.6) is 0 Å². The topological polar surface area (TPSA) is 84.2 Å². The van der Waals surface area contributed by atoms with Gasteiger partial charge in [-0.2, -0.15) is 5.10 Å². The van der Waals surface area contributed by atoms with Crippen molar-refractivity contribution in [2.45, 2.75) is 33.8 Å². The van der Waals surface area contributed by atoms with Gasteiger partial charge < -0.3 is 10.4 Å². The minimum atomic E-state index is -0.518. The van der Waals surface area contributed by atoms with Gasteiger partial charge in [-0.05, 0) is 12.0 Å². The molecule has 1 atom stereocenters. The van der Waals surface area contributed by atoms with E-state index >= 15 is 0 Å². The minimum Gasteiger partial charge on any atom is -0.392 e. The molecule has 0 fully saturated rings. The average molecular weight is 281 g/mol. The molecule has 1 amide bonds. The Morgan fingerprint density at radius 2 is 2.05 bits per heavy atom. The van der Waals surface area contributed by atoms with Crippen molar-refractivity contribution in [2.24, 2.45) is 18.4 Å². The molecule has 2 N–H and O–H groups in total. The first-order valence-electron chi connectivity index (χ1n) is 6.66. The summed E-state index contributed by atoms with van der Waals surface area (Å²) in [5.41, 5.74) is -0.524. The summed E-state index contributed by atoms with van der Waals surface area (Å²) in [6.45, 7) is 7.99. The summed E-state index contributed by atoms with van der Waals surface area (Å²) in [5, 5.41) is 16.7. The Hall–Kier alpha value is -1.69. The highest BCUT2D eigenvalue weighted by atomic mass is 16.3. The number of rotatable bonds is 5. The lowest BCUT2D eigenvalue weighted by Gasteiger charge is -2.33. The van der Waals surface area contributed by atoms with Gasteiger partial charge in [0.2, 0.25) is 0 Å². The van der Waals surface area contributed by atoms with E-state index in [2.05, 4.69) is 10.4 Å². The van der Waals surface area contributed by atoms with Crippen molar-refractivity contribution in [3.63, 3.8) is 0 Å². The van der Waals surface area contributed by atoms with Crippen LogP contribution in [0.25, 0.3) is 0 Å². The second-order valence-electron chi connectivity index (χ2n) is 6.04. The Labute approximate surface area is 118 Å². The van der Waals surface area contributed by atoms with Crippen LogP contribution in [0.4, 0.5) is 0 Å². The van der Waals surface area contributed by atoms with E-state index < -0.39 is 11.5 Å². The fourth-order valence-electron chi connectivity index (χ4n) is 2.03. The number of nitrogens with zero attached hydrogens (tertiary/aromatic N) is 2. The van der Waals surface area contributed by atoms with Crippen molar-refractivity contribution in [3.05, 3.63) is 28.2 Å². The van der Waals surface area contributed by atoms with E-state index in [-0.39, 0.29) is 23.1 Å². The molecule has 0 saturated carbocycles. The molecule has 0 aromatic carbocycles. The number of aryl methyl sites for hydroxylation is 1. The van der Waals surface area contributed by atoms with Gasteiger partial charge in [0.1, 0.15) is 5.69 Å². The summed E-state index contributed by atoms with van der Waals surface area (Å²) in [7, 11) is 1.49. The van der Waals surface area contributed by atoms with Crippen LogP contribution in [0.2, 0.25) is 0 Å². The maximum atomic E-state index is 12.0. The van der Waals surface area contributed by atoms with Gasteiger partial charge in [-0.25, -0.2) is 4.68 Å². The largest absolute Gasteiger partial charge is 0.392 e. The number of aromatic nitrogens is 2. The number of carbonyl (C=O) groups excluding carboxylic acids is 1. The van der Waals surface area contributed by atoms with Gasteiger partial charge >= 0.3 is 0 Å². The van der Waals surface area contributed by atoms with Gasteiger partial charge in [0.25, 0.3) is 11.5 Å². The molecule has 0 saturated heterocycles. The van der Waals surface area contributed by atoms with Crippen LogP contribution in [-0.2, 0) is 7.05 Å². The van der Waals surface area contributed by atoms with Crippen LogP contribution in [0.15, 0.2) is 16.9 Å². The second-order valence-corrected chi connectivity index (χ2v) is 6.04. The van der Waals surface area contributed by atoms with Crippen molar-refractivity contribution in [1.82, 2.24) is 15.1 Å². The predicted molar refractivity (Wildman–Crippen MR) is 76.4 cm³/mol. The summed E-state index contributed by atoms with van der Waals surface area (Å²) in [6.07, 6.45) is -0.518. The van der Waals surface area contributed by atoms with Crippen LogP contribution in [0, 0.1) is 11.3 Å². The van der Waals surface area contributed by atoms with Gasteiger partial charge in [0.15, 0.2) is 0 Å². The lowest BCUT2D eigenvalue weighted by atomic mass is 9.80. The number of amides is 1. The third-order valence-electron chi connectivity index (χ3n) is 3.33. The number of nitrogens with one attached hydrogen (secondary N) is 1. The smallest absolute Gasteiger partial charge is 0.271 e. The zero-order valence-corrected chi connectivity index (χ0v) is 12.7. The Morgan fingerprint density at radius 3 is 2.55 bits per heavy atom. The van der Waals surface area contributed by atoms with E-state index in [1.54, 1.807) is 0 Å². The average Bonchev–Trinajstić information content (AvgIpc) is 2.38. The maximum Gasteiger partial charge on any atom is 0.271 e. The Morgan fingerprint density at radius 1 is 1.45 bits per heavy atom. The number of aliphatic hydroxyl groups excluding tert-OH is 1. The summed E-state index contributed by atoms with van der Waals surface area (Å²) < 4.78 is 1.11. The van der Waals surface area contributed by atoms with Crippen molar-refractivity contribution >= 4 is 5.91 Å². The number of aliphatic hydroxyl groups is 1. The van der Waals surface area contributed by atoms with Crippen LogP contribution >= 0.6 is 0 Å². The molecule has 0 aliphatic carbocycles. The Balaban J connectivity index is 2.72. The van der Waals surface area contributed by atoms with Crippen LogP contribution in [-0.4, -0.2) is 33.4 Å². The van der Waals surface area contributed by atoms with E-state index in [4.69, 9.17) is 0 Å². The molecule has 6 nitrogen and oxygen atoms in total. The van der Waals surface area contributed by atoms with Gasteiger partial charge in [-0.15, -0.1) is 0 Å². The molecule has 6 heteroatoms. The monoisotopic (exact) mass is 281 g/mol. The molecule has 1 aromatic heterocycles. The molecule has 20 heavy (non-hydrogen) atoms.